The van der Waals surface area contributed by atoms with Crippen molar-refractivity contribution in [3.05, 3.63) is 48.2 Å². The fourth-order valence-electron chi connectivity index (χ4n) is 3.42. The highest BCUT2D eigenvalue weighted by Gasteiger charge is 2.41. The first-order valence-electron chi connectivity index (χ1n) is 8.85. The summed E-state index contributed by atoms with van der Waals surface area (Å²) in [6.07, 6.45) is 4.36. The fraction of sp³-hybridized carbons (Fsp3) is 0.474. The Bertz CT molecular complexity index is 678. The van der Waals surface area contributed by atoms with E-state index in [-0.39, 0.29) is 5.91 Å². The third-order valence-corrected chi connectivity index (χ3v) is 4.84. The molecule has 6 nitrogen and oxygen atoms in total. The summed E-state index contributed by atoms with van der Waals surface area (Å²) >= 11 is 0. The molecule has 0 unspecified atom stereocenters. The number of hydrogen-bond acceptors (Lipinski definition) is 4. The summed E-state index contributed by atoms with van der Waals surface area (Å²) in [5, 5.41) is 10.8. The van der Waals surface area contributed by atoms with Gasteiger partial charge in [0.1, 0.15) is 0 Å². The van der Waals surface area contributed by atoms with Crippen molar-refractivity contribution in [2.45, 2.75) is 31.2 Å². The van der Waals surface area contributed by atoms with E-state index in [9.17, 15) is 4.79 Å². The summed E-state index contributed by atoms with van der Waals surface area (Å²) in [6, 6.07) is 11.9. The molecule has 0 radical (unpaired) electrons. The topological polar surface area (TPSA) is 68.2 Å². The Kier molecular flexibility index (Phi) is 5.83. The standard InChI is InChI=1S/C19H26N4O2/c1-25-15-5-13-23-14-8-17(22-23)21-18(24)19(9-11-20-12-10-19)16-6-3-2-4-7-16/h2-4,6-8,14,20H,5,9-13,15H2,1H3,(H,21,22,24). The zero-order chi connectivity index (χ0) is 17.5. The SMILES string of the molecule is COCCCn1ccc(NC(=O)C2(c3ccccc3)CCNCC2)n1. The highest BCUT2D eigenvalue weighted by atomic mass is 16.5. The first kappa shape index (κ1) is 17.6. The molecule has 6 heteroatoms. The summed E-state index contributed by atoms with van der Waals surface area (Å²) in [5.41, 5.74) is 0.584. The van der Waals surface area contributed by atoms with Crippen LogP contribution in [0.25, 0.3) is 0 Å². The number of piperidine rings is 1. The van der Waals surface area contributed by atoms with Crippen LogP contribution in [0.5, 0.6) is 0 Å². The van der Waals surface area contributed by atoms with Crippen molar-refractivity contribution in [1.82, 2.24) is 15.1 Å². The predicted molar refractivity (Wildman–Crippen MR) is 97.6 cm³/mol. The van der Waals surface area contributed by atoms with Crippen molar-refractivity contribution in [2.75, 3.05) is 32.1 Å². The zero-order valence-corrected chi connectivity index (χ0v) is 14.7. The van der Waals surface area contributed by atoms with E-state index < -0.39 is 5.41 Å². The molecule has 0 aliphatic carbocycles. The molecular weight excluding hydrogens is 316 g/mol. The largest absolute Gasteiger partial charge is 0.385 e. The van der Waals surface area contributed by atoms with Gasteiger partial charge in [-0.2, -0.15) is 5.10 Å². The van der Waals surface area contributed by atoms with Crippen LogP contribution >= 0.6 is 0 Å². The van der Waals surface area contributed by atoms with Gasteiger partial charge < -0.3 is 15.4 Å². The van der Waals surface area contributed by atoms with Crippen LogP contribution in [0.4, 0.5) is 5.82 Å². The van der Waals surface area contributed by atoms with Gasteiger partial charge in [-0.25, -0.2) is 0 Å². The molecule has 0 saturated carbocycles. The van der Waals surface area contributed by atoms with E-state index in [4.69, 9.17) is 4.74 Å². The normalized spacial score (nSPS) is 16.5. The Balaban J connectivity index is 1.73. The number of ether oxygens (including phenoxy) is 1. The lowest BCUT2D eigenvalue weighted by Gasteiger charge is -2.36. The van der Waals surface area contributed by atoms with Crippen molar-refractivity contribution >= 4 is 11.7 Å². The third kappa shape index (κ3) is 4.08. The lowest BCUT2D eigenvalue weighted by atomic mass is 9.72. The average molecular weight is 342 g/mol. The van der Waals surface area contributed by atoms with Gasteiger partial charge in [-0.3, -0.25) is 9.48 Å². The van der Waals surface area contributed by atoms with Crippen LogP contribution in [-0.4, -0.2) is 42.5 Å². The van der Waals surface area contributed by atoms with Crippen molar-refractivity contribution < 1.29 is 9.53 Å². The Morgan fingerprint density at radius 2 is 2.04 bits per heavy atom. The third-order valence-electron chi connectivity index (χ3n) is 4.84. The highest BCUT2D eigenvalue weighted by molar-refractivity contribution is 5.98. The van der Waals surface area contributed by atoms with Gasteiger partial charge in [0.05, 0.1) is 5.41 Å². The number of aromatic nitrogens is 2. The molecule has 0 bridgehead atoms. The van der Waals surface area contributed by atoms with Gasteiger partial charge in [0.2, 0.25) is 5.91 Å². The monoisotopic (exact) mass is 342 g/mol. The number of methoxy groups -OCH3 is 1. The highest BCUT2D eigenvalue weighted by Crippen LogP contribution is 2.34. The van der Waals surface area contributed by atoms with Crippen LogP contribution in [0.1, 0.15) is 24.8 Å². The molecule has 1 saturated heterocycles. The number of anilines is 1. The molecule has 1 aliphatic rings. The molecule has 2 N–H and O–H groups in total. The number of carbonyl (C=O) groups is 1. The van der Waals surface area contributed by atoms with Gasteiger partial charge in [-0.05, 0) is 37.9 Å². The molecule has 25 heavy (non-hydrogen) atoms. The zero-order valence-electron chi connectivity index (χ0n) is 14.7. The van der Waals surface area contributed by atoms with E-state index in [0.717, 1.165) is 44.5 Å². The maximum absolute atomic E-state index is 13.2. The number of aryl methyl sites for hydroxylation is 1. The summed E-state index contributed by atoms with van der Waals surface area (Å²) < 4.78 is 6.90. The lowest BCUT2D eigenvalue weighted by Crippen LogP contribution is -2.48. The molecule has 1 amide bonds. The Morgan fingerprint density at radius 1 is 1.28 bits per heavy atom. The van der Waals surface area contributed by atoms with Crippen molar-refractivity contribution in [3.63, 3.8) is 0 Å². The molecule has 1 fully saturated rings. The van der Waals surface area contributed by atoms with Crippen LogP contribution in [0.15, 0.2) is 42.6 Å². The van der Waals surface area contributed by atoms with Gasteiger partial charge >= 0.3 is 0 Å². The molecule has 1 aromatic carbocycles. The van der Waals surface area contributed by atoms with Gasteiger partial charge in [0.15, 0.2) is 5.82 Å². The molecule has 0 spiro atoms. The summed E-state index contributed by atoms with van der Waals surface area (Å²) in [6.45, 7) is 3.16. The summed E-state index contributed by atoms with van der Waals surface area (Å²) in [7, 11) is 1.69. The first-order valence-corrected chi connectivity index (χ1v) is 8.85. The van der Waals surface area contributed by atoms with Crippen molar-refractivity contribution in [3.8, 4) is 0 Å². The van der Waals surface area contributed by atoms with E-state index in [1.54, 1.807) is 7.11 Å². The van der Waals surface area contributed by atoms with E-state index in [1.165, 1.54) is 0 Å². The number of benzene rings is 1. The van der Waals surface area contributed by atoms with E-state index >= 15 is 0 Å². The lowest BCUT2D eigenvalue weighted by molar-refractivity contribution is -0.122. The van der Waals surface area contributed by atoms with Crippen LogP contribution < -0.4 is 10.6 Å². The number of hydrogen-bond donors (Lipinski definition) is 2. The summed E-state index contributed by atoms with van der Waals surface area (Å²) in [4.78, 5) is 13.2. The van der Waals surface area contributed by atoms with Crippen LogP contribution in [0, 0.1) is 0 Å². The van der Waals surface area contributed by atoms with Gasteiger partial charge in [-0.1, -0.05) is 30.3 Å². The predicted octanol–water partition coefficient (Wildman–Crippen LogP) is 2.18. The van der Waals surface area contributed by atoms with Crippen LogP contribution in [0.2, 0.25) is 0 Å². The first-order chi connectivity index (χ1) is 12.2. The number of nitrogens with zero attached hydrogens (tertiary/aromatic N) is 2. The molecule has 0 atom stereocenters. The number of amides is 1. The van der Waals surface area contributed by atoms with Crippen molar-refractivity contribution in [2.24, 2.45) is 0 Å². The average Bonchev–Trinajstić information content (AvgIpc) is 3.10. The van der Waals surface area contributed by atoms with Gasteiger partial charge in [-0.15, -0.1) is 0 Å². The summed E-state index contributed by atoms with van der Waals surface area (Å²) in [5.74, 6) is 0.638. The second-order valence-electron chi connectivity index (χ2n) is 6.46. The minimum atomic E-state index is -0.494. The van der Waals surface area contributed by atoms with Crippen LogP contribution in [0.3, 0.4) is 0 Å². The molecule has 134 valence electrons. The molecule has 3 rings (SSSR count). The second kappa shape index (κ2) is 8.27. The molecule has 2 aromatic rings. The van der Waals surface area contributed by atoms with E-state index in [0.29, 0.717) is 12.4 Å². The Morgan fingerprint density at radius 3 is 2.76 bits per heavy atom. The minimum Gasteiger partial charge on any atom is -0.385 e. The number of rotatable bonds is 7. The fourth-order valence-corrected chi connectivity index (χ4v) is 3.42. The van der Waals surface area contributed by atoms with E-state index in [1.807, 2.05) is 47.3 Å². The maximum Gasteiger partial charge on any atom is 0.236 e. The molecule has 1 aliphatic heterocycles. The number of carbonyl (C=O) groups excluding carboxylic acids is 1. The quantitative estimate of drug-likeness (QED) is 0.757. The molecule has 1 aromatic heterocycles. The molecule has 2 heterocycles. The Hall–Kier alpha value is -2.18. The smallest absolute Gasteiger partial charge is 0.236 e. The molecular formula is C19H26N4O2. The van der Waals surface area contributed by atoms with Crippen molar-refractivity contribution in [1.29, 1.82) is 0 Å². The second-order valence-corrected chi connectivity index (χ2v) is 6.46. The van der Waals surface area contributed by atoms with Gasteiger partial charge in [0, 0.05) is 32.5 Å². The number of nitrogens with one attached hydrogen (secondary N) is 2. The Labute approximate surface area is 148 Å². The van der Waals surface area contributed by atoms with Gasteiger partial charge in [0.25, 0.3) is 0 Å². The minimum absolute atomic E-state index is 0.0299. The maximum atomic E-state index is 13.2. The van der Waals surface area contributed by atoms with Crippen LogP contribution in [-0.2, 0) is 21.5 Å². The van der Waals surface area contributed by atoms with E-state index in [2.05, 4.69) is 15.7 Å².